The molecule has 0 spiro atoms. The topological polar surface area (TPSA) is 17.8 Å². The zero-order valence-electron chi connectivity index (χ0n) is 12.2. The second-order valence-corrected chi connectivity index (χ2v) is 5.80. The predicted molar refractivity (Wildman–Crippen MR) is 74.4 cm³/mol. The van der Waals surface area contributed by atoms with E-state index in [0.717, 1.165) is 6.42 Å². The molecule has 17 heavy (non-hydrogen) atoms. The van der Waals surface area contributed by atoms with Crippen LogP contribution in [0.25, 0.3) is 0 Å². The third-order valence-electron chi connectivity index (χ3n) is 3.80. The normalized spacial score (nSPS) is 13.9. The largest absolute Gasteiger partial charge is 0.334 e. The van der Waals surface area contributed by atoms with Crippen LogP contribution in [0.5, 0.6) is 0 Å². The van der Waals surface area contributed by atoms with Crippen LogP contribution >= 0.6 is 0 Å². The second kappa shape index (κ2) is 6.23. The Labute approximate surface area is 106 Å². The van der Waals surface area contributed by atoms with Crippen molar-refractivity contribution < 1.29 is 0 Å². The molecular weight excluding hydrogens is 208 g/mol. The summed E-state index contributed by atoms with van der Waals surface area (Å²) >= 11 is 0. The highest BCUT2D eigenvalue weighted by atomic mass is 15.1. The number of unbranched alkanes of at least 4 members (excludes halogenated alkanes) is 2. The van der Waals surface area contributed by atoms with Crippen LogP contribution in [0, 0.1) is 0 Å². The summed E-state index contributed by atoms with van der Waals surface area (Å²) in [6.45, 7) is 11.3. The molecule has 0 saturated carbocycles. The van der Waals surface area contributed by atoms with Gasteiger partial charge in [0, 0.05) is 17.7 Å². The summed E-state index contributed by atoms with van der Waals surface area (Å²) in [4.78, 5) is 4.60. The summed E-state index contributed by atoms with van der Waals surface area (Å²) in [6.07, 6.45) is 10.5. The van der Waals surface area contributed by atoms with Gasteiger partial charge < -0.3 is 4.57 Å². The Morgan fingerprint density at radius 1 is 1.29 bits per heavy atom. The average Bonchev–Trinajstić information content (AvgIpc) is 2.78. The number of hydrogen-bond donors (Lipinski definition) is 0. The van der Waals surface area contributed by atoms with Crippen molar-refractivity contribution in [2.45, 2.75) is 78.2 Å². The third kappa shape index (κ3) is 3.86. The summed E-state index contributed by atoms with van der Waals surface area (Å²) in [7, 11) is 0. The Hall–Kier alpha value is -0.790. The maximum Gasteiger partial charge on any atom is 0.0952 e. The predicted octanol–water partition coefficient (Wildman–Crippen LogP) is 4.71. The quantitative estimate of drug-likeness (QED) is 0.627. The van der Waals surface area contributed by atoms with Crippen LogP contribution < -0.4 is 0 Å². The van der Waals surface area contributed by atoms with Gasteiger partial charge in [0.1, 0.15) is 0 Å². The van der Waals surface area contributed by atoms with Gasteiger partial charge in [0.25, 0.3) is 0 Å². The summed E-state index contributed by atoms with van der Waals surface area (Å²) in [6, 6.07) is 0.558. The van der Waals surface area contributed by atoms with Crippen LogP contribution in [-0.4, -0.2) is 9.55 Å². The van der Waals surface area contributed by atoms with E-state index >= 15 is 0 Å². The maximum atomic E-state index is 4.60. The van der Waals surface area contributed by atoms with E-state index in [1.54, 1.807) is 0 Å². The van der Waals surface area contributed by atoms with Crippen LogP contribution in [0.2, 0.25) is 0 Å². The minimum atomic E-state index is 0.216. The van der Waals surface area contributed by atoms with E-state index in [-0.39, 0.29) is 5.41 Å². The highest BCUT2D eigenvalue weighted by Gasteiger charge is 2.23. The maximum absolute atomic E-state index is 4.60. The molecular formula is C15H28N2. The number of rotatable bonds is 7. The Kier molecular flexibility index (Phi) is 5.23. The summed E-state index contributed by atoms with van der Waals surface area (Å²) < 4.78 is 2.25. The van der Waals surface area contributed by atoms with Crippen molar-refractivity contribution in [3.05, 3.63) is 18.2 Å². The van der Waals surface area contributed by atoms with Gasteiger partial charge in [-0.3, -0.25) is 0 Å². The van der Waals surface area contributed by atoms with Crippen molar-refractivity contribution in [1.29, 1.82) is 0 Å². The molecule has 0 aliphatic carbocycles. The number of aromatic nitrogens is 2. The summed E-state index contributed by atoms with van der Waals surface area (Å²) in [5.41, 5.74) is 1.46. The third-order valence-corrected chi connectivity index (χ3v) is 3.80. The molecule has 0 saturated heterocycles. The molecule has 0 fully saturated rings. The molecule has 0 amide bonds. The fraction of sp³-hybridized carbons (Fsp3) is 0.800. The van der Waals surface area contributed by atoms with E-state index in [9.17, 15) is 0 Å². The van der Waals surface area contributed by atoms with Crippen molar-refractivity contribution in [2.75, 3.05) is 0 Å². The van der Waals surface area contributed by atoms with E-state index < -0.39 is 0 Å². The lowest BCUT2D eigenvalue weighted by molar-refractivity contribution is 0.438. The fourth-order valence-electron chi connectivity index (χ4n) is 2.08. The van der Waals surface area contributed by atoms with Crippen molar-refractivity contribution in [2.24, 2.45) is 0 Å². The first-order valence-corrected chi connectivity index (χ1v) is 7.05. The van der Waals surface area contributed by atoms with Gasteiger partial charge in [-0.2, -0.15) is 0 Å². The molecule has 0 N–H and O–H groups in total. The first-order chi connectivity index (χ1) is 8.01. The molecule has 1 rings (SSSR count). The minimum absolute atomic E-state index is 0.216. The smallest absolute Gasteiger partial charge is 0.0952 e. The molecule has 98 valence electrons. The molecule has 2 nitrogen and oxygen atoms in total. The molecule has 0 bridgehead atoms. The van der Waals surface area contributed by atoms with Gasteiger partial charge in [0.05, 0.1) is 12.0 Å². The van der Waals surface area contributed by atoms with E-state index in [4.69, 9.17) is 0 Å². The molecule has 0 radical (unpaired) electrons. The summed E-state index contributed by atoms with van der Waals surface area (Å²) in [5, 5.41) is 0. The molecule has 1 unspecified atom stereocenters. The number of nitrogens with zero attached hydrogens (tertiary/aromatic N) is 2. The SMILES string of the molecule is CCCCCC(C)(C)c1cn(C(C)CC)cn1. The fourth-order valence-corrected chi connectivity index (χ4v) is 2.08. The van der Waals surface area contributed by atoms with Gasteiger partial charge in [-0.15, -0.1) is 0 Å². The number of hydrogen-bond acceptors (Lipinski definition) is 1. The first-order valence-electron chi connectivity index (χ1n) is 7.05. The van der Waals surface area contributed by atoms with Crippen LogP contribution in [0.4, 0.5) is 0 Å². The van der Waals surface area contributed by atoms with Gasteiger partial charge in [-0.05, 0) is 19.8 Å². The lowest BCUT2D eigenvalue weighted by Crippen LogP contribution is -2.17. The zero-order valence-corrected chi connectivity index (χ0v) is 12.2. The number of imidazole rings is 1. The molecule has 2 heteroatoms. The van der Waals surface area contributed by atoms with Crippen molar-refractivity contribution >= 4 is 0 Å². The van der Waals surface area contributed by atoms with Gasteiger partial charge in [-0.25, -0.2) is 4.98 Å². The Balaban J connectivity index is 2.67. The first kappa shape index (κ1) is 14.3. The standard InChI is InChI=1S/C15H28N2/c1-6-8-9-10-15(4,5)14-11-17(12-16-14)13(3)7-2/h11-13H,6-10H2,1-5H3. The lowest BCUT2D eigenvalue weighted by atomic mass is 9.84. The van der Waals surface area contributed by atoms with Gasteiger partial charge >= 0.3 is 0 Å². The Morgan fingerprint density at radius 2 is 2.00 bits per heavy atom. The molecule has 1 aromatic rings. The molecule has 1 aromatic heterocycles. The highest BCUT2D eigenvalue weighted by molar-refractivity contribution is 5.11. The highest BCUT2D eigenvalue weighted by Crippen LogP contribution is 2.28. The van der Waals surface area contributed by atoms with Crippen molar-refractivity contribution in [3.8, 4) is 0 Å². The van der Waals surface area contributed by atoms with Crippen LogP contribution in [0.1, 0.15) is 78.5 Å². The lowest BCUT2D eigenvalue weighted by Gasteiger charge is -2.22. The second-order valence-electron chi connectivity index (χ2n) is 5.80. The van der Waals surface area contributed by atoms with E-state index in [0.29, 0.717) is 6.04 Å². The Morgan fingerprint density at radius 3 is 2.59 bits per heavy atom. The van der Waals surface area contributed by atoms with E-state index in [1.807, 2.05) is 6.33 Å². The monoisotopic (exact) mass is 236 g/mol. The summed E-state index contributed by atoms with van der Waals surface area (Å²) in [5.74, 6) is 0. The van der Waals surface area contributed by atoms with Crippen molar-refractivity contribution in [1.82, 2.24) is 9.55 Å². The Bertz CT molecular complexity index is 325. The molecule has 0 aromatic carbocycles. The van der Waals surface area contributed by atoms with Crippen LogP contribution in [-0.2, 0) is 5.41 Å². The van der Waals surface area contributed by atoms with E-state index in [2.05, 4.69) is 50.4 Å². The molecule has 0 aliphatic heterocycles. The van der Waals surface area contributed by atoms with E-state index in [1.165, 1.54) is 31.4 Å². The minimum Gasteiger partial charge on any atom is -0.334 e. The van der Waals surface area contributed by atoms with Gasteiger partial charge in [0.2, 0.25) is 0 Å². The molecule has 1 atom stereocenters. The van der Waals surface area contributed by atoms with Crippen molar-refractivity contribution in [3.63, 3.8) is 0 Å². The van der Waals surface area contributed by atoms with Crippen LogP contribution in [0.15, 0.2) is 12.5 Å². The van der Waals surface area contributed by atoms with Crippen LogP contribution in [0.3, 0.4) is 0 Å². The molecule has 0 aliphatic rings. The van der Waals surface area contributed by atoms with Gasteiger partial charge in [-0.1, -0.05) is 47.0 Å². The average molecular weight is 236 g/mol. The molecule has 1 heterocycles. The zero-order chi connectivity index (χ0) is 12.9. The van der Waals surface area contributed by atoms with Gasteiger partial charge in [0.15, 0.2) is 0 Å².